The van der Waals surface area contributed by atoms with Crippen LogP contribution < -0.4 is 19.3 Å². The Hall–Kier alpha value is -4.26. The van der Waals surface area contributed by atoms with Crippen molar-refractivity contribution in [1.82, 2.24) is 0 Å². The van der Waals surface area contributed by atoms with Crippen molar-refractivity contribution in [1.29, 1.82) is 0 Å². The number of carbonyl (C=O) groups is 2. The first kappa shape index (κ1) is 25.8. The zero-order chi connectivity index (χ0) is 26.9. The van der Waals surface area contributed by atoms with Gasteiger partial charge in [0.05, 0.1) is 25.8 Å². The van der Waals surface area contributed by atoms with Gasteiger partial charge in [-0.05, 0) is 53.4 Å². The van der Waals surface area contributed by atoms with E-state index in [-0.39, 0.29) is 16.9 Å². The second kappa shape index (κ2) is 10.4. The number of aliphatic hydroxyl groups excluding tert-OH is 1. The van der Waals surface area contributed by atoms with Gasteiger partial charge in [-0.3, -0.25) is 14.5 Å². The minimum Gasteiger partial charge on any atom is -0.506 e. The molecule has 0 aromatic heterocycles. The number of aliphatic hydroxyl groups is 1. The van der Waals surface area contributed by atoms with E-state index in [2.05, 4.69) is 13.8 Å². The van der Waals surface area contributed by atoms with E-state index in [1.165, 1.54) is 19.1 Å². The van der Waals surface area contributed by atoms with Crippen LogP contribution in [-0.2, 0) is 9.59 Å². The molecular formula is C30H32N2O5. The molecule has 1 fully saturated rings. The van der Waals surface area contributed by atoms with Crippen LogP contribution in [0.4, 0.5) is 11.4 Å². The van der Waals surface area contributed by atoms with Crippen molar-refractivity contribution >= 4 is 28.8 Å². The molecule has 1 aliphatic rings. The average Bonchev–Trinajstić information content (AvgIpc) is 3.17. The number of methoxy groups -OCH3 is 2. The number of ketones is 1. The Labute approximate surface area is 217 Å². The number of carbonyl (C=O) groups excluding carboxylic acids is 2. The van der Waals surface area contributed by atoms with Gasteiger partial charge in [-0.1, -0.05) is 44.2 Å². The third-order valence-electron chi connectivity index (χ3n) is 6.67. The number of nitrogens with zero attached hydrogens (tertiary/aromatic N) is 2. The second-order valence-corrected chi connectivity index (χ2v) is 9.44. The fourth-order valence-electron chi connectivity index (χ4n) is 4.61. The number of hydrogen-bond acceptors (Lipinski definition) is 6. The summed E-state index contributed by atoms with van der Waals surface area (Å²) in [6, 6.07) is 19.4. The van der Waals surface area contributed by atoms with E-state index in [9.17, 15) is 14.7 Å². The highest BCUT2D eigenvalue weighted by molar-refractivity contribution is 6.51. The molecule has 0 spiro atoms. The minimum atomic E-state index is -0.846. The molecule has 1 heterocycles. The van der Waals surface area contributed by atoms with Gasteiger partial charge in [0, 0.05) is 25.5 Å². The lowest BCUT2D eigenvalue weighted by molar-refractivity contribution is -0.132. The first-order valence-electron chi connectivity index (χ1n) is 12.1. The van der Waals surface area contributed by atoms with Crippen LogP contribution in [0.15, 0.2) is 72.3 Å². The van der Waals surface area contributed by atoms with Gasteiger partial charge in [0.2, 0.25) is 0 Å². The molecule has 0 saturated carbocycles. The normalized spacial score (nSPS) is 16.8. The summed E-state index contributed by atoms with van der Waals surface area (Å²) >= 11 is 0. The lowest BCUT2D eigenvalue weighted by Crippen LogP contribution is -2.29. The van der Waals surface area contributed by atoms with Gasteiger partial charge in [0.15, 0.2) is 0 Å². The molecule has 192 valence electrons. The topological polar surface area (TPSA) is 79.3 Å². The molecule has 1 unspecified atom stereocenters. The van der Waals surface area contributed by atoms with Crippen molar-refractivity contribution in [3.8, 4) is 11.5 Å². The monoisotopic (exact) mass is 500 g/mol. The van der Waals surface area contributed by atoms with Gasteiger partial charge in [-0.25, -0.2) is 0 Å². The standard InChI is InChI=1S/C30H32N2O5/c1-18(2)19-10-12-20(13-11-19)27-26(28(33)25-23(36-5)8-7-9-24(25)37-6)29(34)30(35)32(27)22-16-14-21(15-17-22)31(3)4/h7-18,27,33H,1-6H3/b28-26+. The smallest absolute Gasteiger partial charge is 0.300 e. The molecule has 7 heteroatoms. The van der Waals surface area contributed by atoms with Crippen LogP contribution in [0, 0.1) is 0 Å². The number of benzene rings is 3. The maximum atomic E-state index is 13.5. The number of Topliss-reactive ketones (excluding diaryl/α,β-unsaturated/α-hetero) is 1. The molecule has 1 saturated heterocycles. The van der Waals surface area contributed by atoms with Gasteiger partial charge in [-0.2, -0.15) is 0 Å². The summed E-state index contributed by atoms with van der Waals surface area (Å²) in [5.74, 6) is -0.875. The first-order chi connectivity index (χ1) is 17.7. The molecular weight excluding hydrogens is 468 g/mol. The molecule has 1 aliphatic heterocycles. The fraction of sp³-hybridized carbons (Fsp3) is 0.267. The van der Waals surface area contributed by atoms with E-state index in [4.69, 9.17) is 9.47 Å². The summed E-state index contributed by atoms with van der Waals surface area (Å²) in [4.78, 5) is 30.4. The molecule has 3 aromatic carbocycles. The van der Waals surface area contributed by atoms with Crippen molar-refractivity contribution in [2.45, 2.75) is 25.8 Å². The maximum Gasteiger partial charge on any atom is 0.300 e. The highest BCUT2D eigenvalue weighted by Gasteiger charge is 2.47. The summed E-state index contributed by atoms with van der Waals surface area (Å²) in [7, 11) is 6.80. The van der Waals surface area contributed by atoms with Crippen LogP contribution in [0.2, 0.25) is 0 Å². The lowest BCUT2D eigenvalue weighted by atomic mass is 9.92. The highest BCUT2D eigenvalue weighted by Crippen LogP contribution is 2.45. The first-order valence-corrected chi connectivity index (χ1v) is 12.1. The van der Waals surface area contributed by atoms with Crippen molar-refractivity contribution in [2.75, 3.05) is 38.1 Å². The predicted molar refractivity (Wildman–Crippen MR) is 146 cm³/mol. The highest BCUT2D eigenvalue weighted by atomic mass is 16.5. The summed E-state index contributed by atoms with van der Waals surface area (Å²) < 4.78 is 10.9. The van der Waals surface area contributed by atoms with E-state index in [0.717, 1.165) is 11.3 Å². The molecule has 1 atom stereocenters. The number of hydrogen-bond donors (Lipinski definition) is 1. The average molecular weight is 501 g/mol. The quantitative estimate of drug-likeness (QED) is 0.261. The Bertz CT molecular complexity index is 1320. The predicted octanol–water partition coefficient (Wildman–Crippen LogP) is 5.52. The molecule has 0 aliphatic carbocycles. The van der Waals surface area contributed by atoms with E-state index in [1.54, 1.807) is 30.3 Å². The SMILES string of the molecule is COc1cccc(OC)c1/C(O)=C1\C(=O)C(=O)N(c2ccc(N(C)C)cc2)C1c1ccc(C(C)C)cc1. The Morgan fingerprint density at radius 3 is 1.95 bits per heavy atom. The van der Waals surface area contributed by atoms with Crippen LogP contribution in [0.25, 0.3) is 5.76 Å². The maximum absolute atomic E-state index is 13.5. The largest absolute Gasteiger partial charge is 0.506 e. The number of anilines is 2. The Balaban J connectivity index is 1.97. The van der Waals surface area contributed by atoms with Crippen molar-refractivity contribution < 1.29 is 24.2 Å². The Morgan fingerprint density at radius 1 is 0.892 bits per heavy atom. The fourth-order valence-corrected chi connectivity index (χ4v) is 4.61. The van der Waals surface area contributed by atoms with Crippen molar-refractivity contribution in [2.24, 2.45) is 0 Å². The summed E-state index contributed by atoms with van der Waals surface area (Å²) in [6.07, 6.45) is 0. The zero-order valence-electron chi connectivity index (χ0n) is 22.0. The van der Waals surface area contributed by atoms with E-state index in [1.807, 2.05) is 55.4 Å². The number of amides is 1. The van der Waals surface area contributed by atoms with Gasteiger partial charge < -0.3 is 19.5 Å². The Morgan fingerprint density at radius 2 is 1.46 bits per heavy atom. The van der Waals surface area contributed by atoms with Crippen LogP contribution in [0.5, 0.6) is 11.5 Å². The summed E-state index contributed by atoms with van der Waals surface area (Å²) in [5, 5.41) is 11.6. The second-order valence-electron chi connectivity index (χ2n) is 9.44. The van der Waals surface area contributed by atoms with Gasteiger partial charge >= 0.3 is 0 Å². The van der Waals surface area contributed by atoms with E-state index in [0.29, 0.717) is 28.7 Å². The third kappa shape index (κ3) is 4.65. The molecule has 4 rings (SSSR count). The van der Waals surface area contributed by atoms with Crippen molar-refractivity contribution in [3.63, 3.8) is 0 Å². The molecule has 7 nitrogen and oxygen atoms in total. The molecule has 37 heavy (non-hydrogen) atoms. The minimum absolute atomic E-state index is 0.0261. The number of ether oxygens (including phenoxy) is 2. The van der Waals surface area contributed by atoms with Crippen LogP contribution in [-0.4, -0.2) is 45.1 Å². The van der Waals surface area contributed by atoms with Gasteiger partial charge in [0.25, 0.3) is 11.7 Å². The van der Waals surface area contributed by atoms with Crippen LogP contribution >= 0.6 is 0 Å². The molecule has 0 bridgehead atoms. The van der Waals surface area contributed by atoms with E-state index >= 15 is 0 Å². The summed E-state index contributed by atoms with van der Waals surface area (Å²) in [5.41, 5.74) is 3.53. The third-order valence-corrected chi connectivity index (χ3v) is 6.67. The lowest BCUT2D eigenvalue weighted by Gasteiger charge is -2.26. The molecule has 0 radical (unpaired) electrons. The van der Waals surface area contributed by atoms with Crippen LogP contribution in [0.3, 0.4) is 0 Å². The zero-order valence-corrected chi connectivity index (χ0v) is 22.0. The van der Waals surface area contributed by atoms with Crippen molar-refractivity contribution in [3.05, 3.63) is 89.0 Å². The van der Waals surface area contributed by atoms with Gasteiger partial charge in [0.1, 0.15) is 22.8 Å². The summed E-state index contributed by atoms with van der Waals surface area (Å²) in [6.45, 7) is 4.20. The molecule has 3 aromatic rings. The Kier molecular flexibility index (Phi) is 7.25. The molecule has 1 amide bonds. The van der Waals surface area contributed by atoms with Gasteiger partial charge in [-0.15, -0.1) is 0 Å². The van der Waals surface area contributed by atoms with E-state index < -0.39 is 17.7 Å². The number of rotatable bonds is 7. The molecule has 1 N–H and O–H groups in total. The van der Waals surface area contributed by atoms with Crippen LogP contribution in [0.1, 0.15) is 42.5 Å².